The fourth-order valence-electron chi connectivity index (χ4n) is 1.77. The third-order valence-corrected chi connectivity index (χ3v) is 2.72. The van der Waals surface area contributed by atoms with Gasteiger partial charge in [-0.05, 0) is 12.3 Å². The van der Waals surface area contributed by atoms with Crippen LogP contribution in [-0.2, 0) is 4.74 Å². The number of ether oxygens (including phenoxy) is 1. The second kappa shape index (κ2) is 7.04. The highest BCUT2D eigenvalue weighted by atomic mass is 16.5. The number of aromatic amines is 1. The minimum atomic E-state index is 0.558. The van der Waals surface area contributed by atoms with Gasteiger partial charge in [-0.1, -0.05) is 13.8 Å². The maximum Gasteiger partial charge on any atom is 0.226 e. The average Bonchev–Trinajstić information content (AvgIpc) is 2.90. The Bertz CT molecular complexity index is 539. The molecule has 0 unspecified atom stereocenters. The van der Waals surface area contributed by atoms with E-state index in [1.54, 1.807) is 13.4 Å². The van der Waals surface area contributed by atoms with E-state index in [9.17, 15) is 0 Å². The lowest BCUT2D eigenvalue weighted by molar-refractivity contribution is 0.110. The SMILES string of the molecule is CNc1nc(NCCCOCC(C)C)c2[nH]cnc2n1. The van der Waals surface area contributed by atoms with Crippen LogP contribution in [0.5, 0.6) is 0 Å². The van der Waals surface area contributed by atoms with Crippen LogP contribution < -0.4 is 10.6 Å². The summed E-state index contributed by atoms with van der Waals surface area (Å²) in [4.78, 5) is 15.9. The first-order valence-corrected chi connectivity index (χ1v) is 6.91. The van der Waals surface area contributed by atoms with E-state index >= 15 is 0 Å². The van der Waals surface area contributed by atoms with Crippen LogP contribution in [0.3, 0.4) is 0 Å². The normalized spacial score (nSPS) is 11.2. The average molecular weight is 278 g/mol. The molecule has 20 heavy (non-hydrogen) atoms. The first kappa shape index (κ1) is 14.5. The van der Waals surface area contributed by atoms with Crippen molar-refractivity contribution in [1.82, 2.24) is 19.9 Å². The highest BCUT2D eigenvalue weighted by molar-refractivity contribution is 5.83. The zero-order valence-electron chi connectivity index (χ0n) is 12.2. The fraction of sp³-hybridized carbons (Fsp3) is 0.615. The van der Waals surface area contributed by atoms with Crippen LogP contribution in [0, 0.1) is 5.92 Å². The minimum Gasteiger partial charge on any atom is -0.381 e. The minimum absolute atomic E-state index is 0.558. The number of hydrogen-bond acceptors (Lipinski definition) is 6. The van der Waals surface area contributed by atoms with E-state index in [4.69, 9.17) is 4.74 Å². The third-order valence-electron chi connectivity index (χ3n) is 2.72. The van der Waals surface area contributed by atoms with E-state index in [0.717, 1.165) is 37.5 Å². The van der Waals surface area contributed by atoms with Gasteiger partial charge in [0.2, 0.25) is 5.95 Å². The molecule has 0 bridgehead atoms. The zero-order valence-corrected chi connectivity index (χ0v) is 12.2. The molecule has 0 radical (unpaired) electrons. The molecule has 0 aliphatic carbocycles. The molecular weight excluding hydrogens is 256 g/mol. The van der Waals surface area contributed by atoms with E-state index < -0.39 is 0 Å². The number of hydrogen-bond donors (Lipinski definition) is 3. The summed E-state index contributed by atoms with van der Waals surface area (Å²) in [6, 6.07) is 0. The van der Waals surface area contributed by atoms with Crippen LogP contribution >= 0.6 is 0 Å². The monoisotopic (exact) mass is 278 g/mol. The smallest absolute Gasteiger partial charge is 0.226 e. The van der Waals surface area contributed by atoms with Crippen LogP contribution in [0.4, 0.5) is 11.8 Å². The van der Waals surface area contributed by atoms with Crippen molar-refractivity contribution in [3.8, 4) is 0 Å². The van der Waals surface area contributed by atoms with Crippen molar-refractivity contribution in [2.24, 2.45) is 5.92 Å². The zero-order chi connectivity index (χ0) is 14.4. The van der Waals surface area contributed by atoms with E-state index in [1.165, 1.54) is 0 Å². The van der Waals surface area contributed by atoms with Gasteiger partial charge in [-0.3, -0.25) is 0 Å². The van der Waals surface area contributed by atoms with Crippen LogP contribution in [0.15, 0.2) is 6.33 Å². The molecule has 0 aliphatic rings. The molecule has 0 amide bonds. The number of nitrogens with zero attached hydrogens (tertiary/aromatic N) is 3. The Morgan fingerprint density at radius 2 is 2.20 bits per heavy atom. The van der Waals surface area contributed by atoms with Gasteiger partial charge < -0.3 is 20.4 Å². The van der Waals surface area contributed by atoms with Crippen LogP contribution in [-0.4, -0.2) is 46.7 Å². The van der Waals surface area contributed by atoms with Gasteiger partial charge in [-0.25, -0.2) is 4.98 Å². The van der Waals surface area contributed by atoms with Gasteiger partial charge in [0.05, 0.1) is 6.33 Å². The van der Waals surface area contributed by atoms with Gasteiger partial charge in [0.1, 0.15) is 5.52 Å². The summed E-state index contributed by atoms with van der Waals surface area (Å²) < 4.78 is 5.55. The van der Waals surface area contributed by atoms with Crippen LogP contribution in [0.25, 0.3) is 11.2 Å². The third kappa shape index (κ3) is 3.80. The molecule has 0 fully saturated rings. The Morgan fingerprint density at radius 3 is 2.95 bits per heavy atom. The molecule has 7 nitrogen and oxygen atoms in total. The summed E-state index contributed by atoms with van der Waals surface area (Å²) in [6.45, 7) is 6.65. The van der Waals surface area contributed by atoms with Crippen LogP contribution in [0.1, 0.15) is 20.3 Å². The molecular formula is C13H22N6O. The molecule has 0 saturated heterocycles. The molecule has 0 saturated carbocycles. The molecule has 0 atom stereocenters. The Morgan fingerprint density at radius 1 is 1.35 bits per heavy atom. The predicted molar refractivity (Wildman–Crippen MR) is 80.0 cm³/mol. The summed E-state index contributed by atoms with van der Waals surface area (Å²) in [5, 5.41) is 6.23. The van der Waals surface area contributed by atoms with Crippen molar-refractivity contribution in [2.75, 3.05) is 37.4 Å². The van der Waals surface area contributed by atoms with Crippen molar-refractivity contribution in [1.29, 1.82) is 0 Å². The second-order valence-corrected chi connectivity index (χ2v) is 5.00. The molecule has 2 aromatic heterocycles. The number of H-pyrrole nitrogens is 1. The highest BCUT2D eigenvalue weighted by Gasteiger charge is 2.08. The molecule has 2 rings (SSSR count). The molecule has 0 aromatic carbocycles. The van der Waals surface area contributed by atoms with Crippen molar-refractivity contribution >= 4 is 22.9 Å². The Hall–Kier alpha value is -1.89. The highest BCUT2D eigenvalue weighted by Crippen LogP contribution is 2.18. The van der Waals surface area contributed by atoms with E-state index in [1.807, 2.05) is 0 Å². The summed E-state index contributed by atoms with van der Waals surface area (Å²) in [7, 11) is 1.79. The van der Waals surface area contributed by atoms with Crippen molar-refractivity contribution in [3.63, 3.8) is 0 Å². The number of anilines is 2. The van der Waals surface area contributed by atoms with E-state index in [2.05, 4.69) is 44.4 Å². The number of nitrogens with one attached hydrogen (secondary N) is 3. The van der Waals surface area contributed by atoms with Crippen molar-refractivity contribution < 1.29 is 4.74 Å². The lowest BCUT2D eigenvalue weighted by atomic mass is 10.2. The molecule has 2 heterocycles. The van der Waals surface area contributed by atoms with Gasteiger partial charge in [-0.15, -0.1) is 0 Å². The van der Waals surface area contributed by atoms with Gasteiger partial charge in [0.15, 0.2) is 11.5 Å². The van der Waals surface area contributed by atoms with E-state index in [0.29, 0.717) is 17.5 Å². The molecule has 110 valence electrons. The lowest BCUT2D eigenvalue weighted by Gasteiger charge is -2.09. The van der Waals surface area contributed by atoms with Crippen molar-refractivity contribution in [3.05, 3.63) is 6.33 Å². The molecule has 3 N–H and O–H groups in total. The van der Waals surface area contributed by atoms with Crippen molar-refractivity contribution in [2.45, 2.75) is 20.3 Å². The van der Waals surface area contributed by atoms with Gasteiger partial charge in [-0.2, -0.15) is 9.97 Å². The van der Waals surface area contributed by atoms with E-state index in [-0.39, 0.29) is 0 Å². The molecule has 0 aliphatic heterocycles. The quantitative estimate of drug-likeness (QED) is 0.639. The maximum atomic E-state index is 5.55. The molecule has 7 heteroatoms. The Labute approximate surface area is 118 Å². The molecule has 2 aromatic rings. The number of imidazole rings is 1. The first-order chi connectivity index (χ1) is 9.70. The van der Waals surface area contributed by atoms with Gasteiger partial charge in [0.25, 0.3) is 0 Å². The summed E-state index contributed by atoms with van der Waals surface area (Å²) >= 11 is 0. The standard InChI is InChI=1S/C13H22N6O/c1-9(2)7-20-6-4-5-15-11-10-12(17-8-16-10)19-13(14-3)18-11/h8-9H,4-7H2,1-3H3,(H3,14,15,16,17,18,19). The topological polar surface area (TPSA) is 87.8 Å². The number of fused-ring (bicyclic) bond motifs is 1. The predicted octanol–water partition coefficient (Wildman–Crippen LogP) is 1.87. The summed E-state index contributed by atoms with van der Waals surface area (Å²) in [6.07, 6.45) is 2.55. The van der Waals surface area contributed by atoms with Crippen LogP contribution in [0.2, 0.25) is 0 Å². The number of rotatable bonds is 8. The Kier molecular flexibility index (Phi) is 5.11. The maximum absolute atomic E-state index is 5.55. The Balaban J connectivity index is 1.87. The molecule has 0 spiro atoms. The largest absolute Gasteiger partial charge is 0.381 e. The fourth-order valence-corrected chi connectivity index (χ4v) is 1.77. The first-order valence-electron chi connectivity index (χ1n) is 6.91. The summed E-state index contributed by atoms with van der Waals surface area (Å²) in [5.74, 6) is 1.90. The van der Waals surface area contributed by atoms with Gasteiger partial charge >= 0.3 is 0 Å². The lowest BCUT2D eigenvalue weighted by Crippen LogP contribution is -2.10. The number of aromatic nitrogens is 4. The van der Waals surface area contributed by atoms with Gasteiger partial charge in [0, 0.05) is 26.8 Å². The second-order valence-electron chi connectivity index (χ2n) is 5.00. The summed E-state index contributed by atoms with van der Waals surface area (Å²) in [5.41, 5.74) is 1.48.